The second-order valence-electron chi connectivity index (χ2n) is 4.22. The third-order valence-electron chi connectivity index (χ3n) is 2.48. The molecule has 1 atom stereocenters. The van der Waals surface area contributed by atoms with Crippen molar-refractivity contribution in [1.29, 1.82) is 0 Å². The Labute approximate surface area is 111 Å². The highest BCUT2D eigenvalue weighted by atomic mass is 16.6. The fraction of sp³-hybridized carbons (Fsp3) is 0.462. The first-order valence-corrected chi connectivity index (χ1v) is 6.20. The minimum atomic E-state index is -0.508. The highest BCUT2D eigenvalue weighted by Gasteiger charge is 2.13. The van der Waals surface area contributed by atoms with Gasteiger partial charge >= 0.3 is 5.97 Å². The van der Waals surface area contributed by atoms with Crippen LogP contribution in [0.25, 0.3) is 0 Å². The molecular weight excluding hydrogens is 248 g/mol. The van der Waals surface area contributed by atoms with Gasteiger partial charge in [0.05, 0.1) is 10.5 Å². The Bertz CT molecular complexity index is 431. The second-order valence-corrected chi connectivity index (χ2v) is 4.22. The summed E-state index contributed by atoms with van der Waals surface area (Å²) in [5, 5.41) is 13.6. The van der Waals surface area contributed by atoms with Crippen LogP contribution in [0, 0.1) is 10.1 Å². The van der Waals surface area contributed by atoms with Crippen molar-refractivity contribution in [2.24, 2.45) is 0 Å². The molecule has 0 bridgehead atoms. The molecular formula is C13H18N2O4. The Hall–Kier alpha value is -1.95. The van der Waals surface area contributed by atoms with Crippen molar-refractivity contribution >= 4 is 11.7 Å². The predicted molar refractivity (Wildman–Crippen MR) is 71.1 cm³/mol. The van der Waals surface area contributed by atoms with E-state index in [9.17, 15) is 14.9 Å². The number of esters is 1. The number of hydrogen-bond acceptors (Lipinski definition) is 5. The molecule has 1 aromatic rings. The van der Waals surface area contributed by atoms with Crippen molar-refractivity contribution < 1.29 is 14.5 Å². The van der Waals surface area contributed by atoms with Gasteiger partial charge in [0.2, 0.25) is 0 Å². The number of carbonyl (C=O) groups excluding carboxylic acids is 1. The first kappa shape index (κ1) is 15.1. The first-order valence-electron chi connectivity index (χ1n) is 6.20. The zero-order valence-corrected chi connectivity index (χ0v) is 11.1. The number of rotatable bonds is 7. The van der Waals surface area contributed by atoms with Crippen LogP contribution in [0.2, 0.25) is 0 Å². The molecule has 1 aromatic carbocycles. The van der Waals surface area contributed by atoms with E-state index in [1.807, 2.05) is 0 Å². The third-order valence-corrected chi connectivity index (χ3v) is 2.48. The van der Waals surface area contributed by atoms with Crippen LogP contribution in [0.5, 0.6) is 0 Å². The lowest BCUT2D eigenvalue weighted by Crippen LogP contribution is -2.29. The van der Waals surface area contributed by atoms with E-state index in [-0.39, 0.29) is 11.8 Å². The molecule has 6 heteroatoms. The molecule has 19 heavy (non-hydrogen) atoms. The summed E-state index contributed by atoms with van der Waals surface area (Å²) in [4.78, 5) is 21.7. The molecule has 1 N–H and O–H groups in total. The van der Waals surface area contributed by atoms with E-state index in [1.54, 1.807) is 6.92 Å². The van der Waals surface area contributed by atoms with Gasteiger partial charge in [-0.05, 0) is 32.0 Å². The lowest BCUT2D eigenvalue weighted by atomic mass is 10.2. The van der Waals surface area contributed by atoms with Gasteiger partial charge in [-0.3, -0.25) is 10.1 Å². The van der Waals surface area contributed by atoms with E-state index in [0.29, 0.717) is 12.1 Å². The maximum atomic E-state index is 11.7. The van der Waals surface area contributed by atoms with Crippen LogP contribution in [-0.2, 0) is 4.74 Å². The maximum Gasteiger partial charge on any atom is 0.338 e. The number of non-ortho nitro benzene ring substituents is 1. The number of nitrogens with zero attached hydrogens (tertiary/aromatic N) is 1. The summed E-state index contributed by atoms with van der Waals surface area (Å²) in [6, 6.07) is 5.37. The fourth-order valence-corrected chi connectivity index (χ4v) is 1.49. The lowest BCUT2D eigenvalue weighted by molar-refractivity contribution is -0.384. The molecule has 0 amide bonds. The summed E-state index contributed by atoms with van der Waals surface area (Å²) >= 11 is 0. The third kappa shape index (κ3) is 5.05. The molecule has 0 fully saturated rings. The van der Waals surface area contributed by atoms with Gasteiger partial charge in [0.25, 0.3) is 5.69 Å². The van der Waals surface area contributed by atoms with Crippen molar-refractivity contribution in [3.63, 3.8) is 0 Å². The number of benzene rings is 1. The number of hydrogen-bond donors (Lipinski definition) is 1. The van der Waals surface area contributed by atoms with Gasteiger partial charge in [-0.25, -0.2) is 4.79 Å². The van der Waals surface area contributed by atoms with Crippen LogP contribution >= 0.6 is 0 Å². The normalized spacial score (nSPS) is 11.9. The van der Waals surface area contributed by atoms with Crippen LogP contribution in [0.3, 0.4) is 0 Å². The molecule has 104 valence electrons. The monoisotopic (exact) mass is 266 g/mol. The highest BCUT2D eigenvalue weighted by Crippen LogP contribution is 2.13. The van der Waals surface area contributed by atoms with Crippen molar-refractivity contribution in [3.05, 3.63) is 39.9 Å². The van der Waals surface area contributed by atoms with Crippen LogP contribution in [0.1, 0.15) is 30.6 Å². The Morgan fingerprint density at radius 2 is 2.05 bits per heavy atom. The van der Waals surface area contributed by atoms with Gasteiger partial charge in [0.1, 0.15) is 6.10 Å². The standard InChI is InChI=1S/C13H18N2O4/c1-3-8-14-9-10(2)19-13(16)11-4-6-12(7-5-11)15(17)18/h4-7,10,14H,3,8-9H2,1-2H3. The first-order chi connectivity index (χ1) is 9.04. The molecule has 0 aliphatic heterocycles. The SMILES string of the molecule is CCCNCC(C)OC(=O)c1ccc([N+](=O)[O-])cc1. The highest BCUT2D eigenvalue weighted by molar-refractivity contribution is 5.89. The summed E-state index contributed by atoms with van der Waals surface area (Å²) < 4.78 is 5.21. The average molecular weight is 266 g/mol. The van der Waals surface area contributed by atoms with Crippen LogP contribution in [0.15, 0.2) is 24.3 Å². The largest absolute Gasteiger partial charge is 0.458 e. The molecule has 0 saturated heterocycles. The van der Waals surface area contributed by atoms with Crippen molar-refractivity contribution in [1.82, 2.24) is 5.32 Å². The number of carbonyl (C=O) groups is 1. The van der Waals surface area contributed by atoms with E-state index in [2.05, 4.69) is 12.2 Å². The number of nitro benzene ring substituents is 1. The quantitative estimate of drug-likeness (QED) is 0.354. The van der Waals surface area contributed by atoms with Gasteiger partial charge in [0.15, 0.2) is 0 Å². The van der Waals surface area contributed by atoms with Crippen LogP contribution < -0.4 is 5.32 Å². The molecule has 0 aliphatic carbocycles. The fourth-order valence-electron chi connectivity index (χ4n) is 1.49. The molecule has 0 spiro atoms. The van der Waals surface area contributed by atoms with Crippen molar-refractivity contribution in [2.75, 3.05) is 13.1 Å². The zero-order valence-electron chi connectivity index (χ0n) is 11.1. The molecule has 0 saturated carbocycles. The maximum absolute atomic E-state index is 11.7. The molecule has 6 nitrogen and oxygen atoms in total. The topological polar surface area (TPSA) is 81.5 Å². The molecule has 1 rings (SSSR count). The Morgan fingerprint density at radius 3 is 2.58 bits per heavy atom. The Morgan fingerprint density at radius 1 is 1.42 bits per heavy atom. The predicted octanol–water partition coefficient (Wildman–Crippen LogP) is 2.14. The summed E-state index contributed by atoms with van der Waals surface area (Å²) in [6.07, 6.45) is 0.775. The lowest BCUT2D eigenvalue weighted by Gasteiger charge is -2.13. The van der Waals surface area contributed by atoms with E-state index < -0.39 is 10.9 Å². The van der Waals surface area contributed by atoms with Gasteiger partial charge in [0, 0.05) is 18.7 Å². The summed E-state index contributed by atoms with van der Waals surface area (Å²) in [5.74, 6) is -0.472. The minimum absolute atomic E-state index is 0.0470. The molecule has 0 heterocycles. The van der Waals surface area contributed by atoms with Crippen molar-refractivity contribution in [3.8, 4) is 0 Å². The zero-order chi connectivity index (χ0) is 14.3. The number of nitrogens with one attached hydrogen (secondary N) is 1. The smallest absolute Gasteiger partial charge is 0.338 e. The van der Waals surface area contributed by atoms with E-state index in [1.165, 1.54) is 24.3 Å². The van der Waals surface area contributed by atoms with Gasteiger partial charge in [-0.2, -0.15) is 0 Å². The summed E-state index contributed by atoms with van der Waals surface area (Å²) in [7, 11) is 0. The van der Waals surface area contributed by atoms with Crippen molar-refractivity contribution in [2.45, 2.75) is 26.4 Å². The van der Waals surface area contributed by atoms with Gasteiger partial charge < -0.3 is 10.1 Å². The average Bonchev–Trinajstić information content (AvgIpc) is 2.39. The van der Waals surface area contributed by atoms with Crippen LogP contribution in [-0.4, -0.2) is 30.1 Å². The van der Waals surface area contributed by atoms with E-state index in [4.69, 9.17) is 4.74 Å². The Balaban J connectivity index is 2.51. The minimum Gasteiger partial charge on any atom is -0.458 e. The molecule has 0 aliphatic rings. The summed E-state index contributed by atoms with van der Waals surface area (Å²) in [5.41, 5.74) is 0.266. The van der Waals surface area contributed by atoms with E-state index in [0.717, 1.165) is 13.0 Å². The second kappa shape index (κ2) is 7.48. The molecule has 0 aromatic heterocycles. The Kier molecular flexibility index (Phi) is 5.95. The van der Waals surface area contributed by atoms with Crippen LogP contribution in [0.4, 0.5) is 5.69 Å². The molecule has 1 unspecified atom stereocenters. The van der Waals surface area contributed by atoms with Gasteiger partial charge in [-0.1, -0.05) is 6.92 Å². The number of ether oxygens (including phenoxy) is 1. The van der Waals surface area contributed by atoms with E-state index >= 15 is 0 Å². The summed E-state index contributed by atoms with van der Waals surface area (Å²) in [6.45, 7) is 5.32. The molecule has 0 radical (unpaired) electrons. The number of nitro groups is 1. The van der Waals surface area contributed by atoms with Gasteiger partial charge in [-0.15, -0.1) is 0 Å².